The quantitative estimate of drug-likeness (QED) is 0.0798. The van der Waals surface area contributed by atoms with Crippen LogP contribution in [0.5, 0.6) is 0 Å². The van der Waals surface area contributed by atoms with Crippen molar-refractivity contribution in [3.05, 3.63) is 179 Å². The first kappa shape index (κ1) is 39.5. The van der Waals surface area contributed by atoms with E-state index >= 15 is 0 Å². The zero-order valence-corrected chi connectivity index (χ0v) is 31.4. The zero-order valence-electron chi connectivity index (χ0n) is 31.4. The lowest BCUT2D eigenvalue weighted by Gasteiger charge is -2.27. The van der Waals surface area contributed by atoms with Crippen LogP contribution in [-0.2, 0) is 69.1 Å². The number of carbonyl (C=O) groups excluding carboxylic acids is 1. The Morgan fingerprint density at radius 2 is 0.804 bits per heavy atom. The van der Waals surface area contributed by atoms with E-state index in [-0.39, 0.29) is 26.4 Å². The number of hydrogen-bond acceptors (Lipinski definition) is 10. The molecule has 0 amide bonds. The highest BCUT2D eigenvalue weighted by molar-refractivity contribution is 5.89. The molecule has 10 heteroatoms. The summed E-state index contributed by atoms with van der Waals surface area (Å²) in [4.78, 5) is 13.1. The third kappa shape index (κ3) is 10.8. The van der Waals surface area contributed by atoms with Crippen molar-refractivity contribution in [1.82, 2.24) is 0 Å². The molecule has 56 heavy (non-hydrogen) atoms. The summed E-state index contributed by atoms with van der Waals surface area (Å²) in [6.07, 6.45) is -5.40. The van der Waals surface area contributed by atoms with Crippen molar-refractivity contribution in [2.45, 2.75) is 75.6 Å². The molecule has 0 radical (unpaired) electrons. The molecule has 5 aromatic carbocycles. The van der Waals surface area contributed by atoms with Gasteiger partial charge in [-0.15, -0.1) is 0 Å². The van der Waals surface area contributed by atoms with Crippen LogP contribution in [0.4, 0.5) is 0 Å². The molecule has 2 saturated heterocycles. The number of ether oxygens (including phenoxy) is 9. The highest BCUT2D eigenvalue weighted by Crippen LogP contribution is 2.33. The first-order valence-corrected chi connectivity index (χ1v) is 18.9. The molecule has 10 nitrogen and oxygen atoms in total. The lowest BCUT2D eigenvalue weighted by atomic mass is 10.1. The second-order valence-corrected chi connectivity index (χ2v) is 13.7. The van der Waals surface area contributed by atoms with Gasteiger partial charge in [-0.25, -0.2) is 4.79 Å². The van der Waals surface area contributed by atoms with Crippen LogP contribution in [0.15, 0.2) is 152 Å². The summed E-state index contributed by atoms with van der Waals surface area (Å²) in [5.74, 6) is -0.466. The maximum atomic E-state index is 13.1. The molecule has 2 heterocycles. The Bertz CT molecular complexity index is 1870. The normalized spacial score (nSPS) is 24.6. The van der Waals surface area contributed by atoms with Crippen LogP contribution >= 0.6 is 0 Å². The van der Waals surface area contributed by atoms with E-state index in [9.17, 15) is 4.79 Å². The van der Waals surface area contributed by atoms with Crippen LogP contribution in [0.2, 0.25) is 0 Å². The number of benzene rings is 5. The van der Waals surface area contributed by atoms with Crippen molar-refractivity contribution < 1.29 is 47.4 Å². The van der Waals surface area contributed by atoms with E-state index in [0.29, 0.717) is 18.8 Å². The Labute approximate surface area is 328 Å². The molecule has 0 bridgehead atoms. The van der Waals surface area contributed by atoms with Crippen LogP contribution < -0.4 is 0 Å². The Hall–Kier alpha value is -4.75. The van der Waals surface area contributed by atoms with Gasteiger partial charge in [-0.2, -0.15) is 0 Å². The Morgan fingerprint density at radius 3 is 1.23 bits per heavy atom. The van der Waals surface area contributed by atoms with Crippen LogP contribution in [-0.4, -0.2) is 75.5 Å². The average molecular weight is 761 g/mol. The van der Waals surface area contributed by atoms with Gasteiger partial charge in [0.2, 0.25) is 0 Å². The van der Waals surface area contributed by atoms with Crippen molar-refractivity contribution in [3.63, 3.8) is 0 Å². The number of methoxy groups -OCH3 is 1. The highest BCUT2D eigenvalue weighted by Gasteiger charge is 2.51. The Morgan fingerprint density at radius 1 is 0.446 bits per heavy atom. The highest BCUT2D eigenvalue weighted by atomic mass is 16.8. The van der Waals surface area contributed by atoms with Gasteiger partial charge >= 0.3 is 5.97 Å². The fourth-order valence-electron chi connectivity index (χ4n) is 6.80. The van der Waals surface area contributed by atoms with Crippen molar-refractivity contribution in [3.8, 4) is 0 Å². The molecule has 0 saturated carbocycles. The van der Waals surface area contributed by atoms with E-state index in [4.69, 9.17) is 42.6 Å². The van der Waals surface area contributed by atoms with Crippen LogP contribution in [0.3, 0.4) is 0 Å². The van der Waals surface area contributed by atoms with Crippen molar-refractivity contribution in [1.29, 1.82) is 0 Å². The Kier molecular flexibility index (Phi) is 14.4. The average Bonchev–Trinajstić information content (AvgIpc) is 3.78. The van der Waals surface area contributed by atoms with Crippen molar-refractivity contribution >= 4 is 5.97 Å². The zero-order chi connectivity index (χ0) is 38.4. The monoisotopic (exact) mass is 760 g/mol. The summed E-state index contributed by atoms with van der Waals surface area (Å²) in [7, 11) is 1.59. The second kappa shape index (κ2) is 20.4. The molecule has 2 aliphatic heterocycles. The molecule has 292 valence electrons. The van der Waals surface area contributed by atoms with Gasteiger partial charge in [0.1, 0.15) is 43.2 Å². The number of esters is 1. The maximum Gasteiger partial charge on any atom is 0.338 e. The summed E-state index contributed by atoms with van der Waals surface area (Å²) < 4.78 is 57.3. The molecular weight excluding hydrogens is 712 g/mol. The smallest absolute Gasteiger partial charge is 0.338 e. The third-order valence-corrected chi connectivity index (χ3v) is 9.72. The summed E-state index contributed by atoms with van der Waals surface area (Å²) in [5.41, 5.74) is 4.41. The van der Waals surface area contributed by atoms with Gasteiger partial charge in [0.05, 0.1) is 38.6 Å². The molecule has 0 N–H and O–H groups in total. The summed E-state index contributed by atoms with van der Waals surface area (Å²) in [6, 6.07) is 48.4. The molecule has 2 fully saturated rings. The van der Waals surface area contributed by atoms with Gasteiger partial charge in [0.15, 0.2) is 12.6 Å². The lowest BCUT2D eigenvalue weighted by Crippen LogP contribution is -2.42. The SMILES string of the molecule is CO[C@H]1O[C@H](CO[C@@H]2O[C@H](COC(=O)c3ccccc3)[C@@H](OCc3ccccc3)[C@@H]2OCc2ccccc2)[C@@H](OCc2ccccc2)[C@@H]1OCc1ccccc1. The standard InChI is InChI=1S/C46H48O10/c1-48-45-42(51-29-35-21-11-4-12-22-35)40(49-27-33-17-7-2-8-18-33)39(55-45)32-54-46-43(52-30-36-23-13-5-14-24-36)41(50-28-34-19-9-3-10-20-34)38(56-46)31-53-44(47)37-25-15-6-16-26-37/h2-26,38-43,45-46H,27-32H2,1H3/t38-,39-,40-,41-,42+,43+,45+,46-/m1/s1. The summed E-state index contributed by atoms with van der Waals surface area (Å²) in [6.45, 7) is 1.22. The van der Waals surface area contributed by atoms with Gasteiger partial charge in [0, 0.05) is 7.11 Å². The maximum absolute atomic E-state index is 13.1. The van der Waals surface area contributed by atoms with Gasteiger partial charge in [-0.3, -0.25) is 0 Å². The minimum atomic E-state index is -0.913. The predicted molar refractivity (Wildman–Crippen MR) is 207 cm³/mol. The first-order chi connectivity index (χ1) is 27.6. The van der Waals surface area contributed by atoms with Crippen LogP contribution in [0.1, 0.15) is 32.6 Å². The molecule has 8 atom stereocenters. The molecule has 0 aliphatic carbocycles. The Balaban J connectivity index is 1.11. The minimum absolute atomic E-state index is 0.0578. The van der Waals surface area contributed by atoms with Crippen molar-refractivity contribution in [2.75, 3.05) is 20.3 Å². The van der Waals surface area contributed by atoms with Crippen LogP contribution in [0, 0.1) is 0 Å². The molecule has 0 spiro atoms. The molecule has 5 aromatic rings. The first-order valence-electron chi connectivity index (χ1n) is 18.9. The van der Waals surface area contributed by atoms with Crippen molar-refractivity contribution in [2.24, 2.45) is 0 Å². The molecule has 7 rings (SSSR count). The summed E-state index contributed by atoms with van der Waals surface area (Å²) >= 11 is 0. The largest absolute Gasteiger partial charge is 0.459 e. The number of carbonyl (C=O) groups is 1. The molecule has 0 aromatic heterocycles. The lowest BCUT2D eigenvalue weighted by molar-refractivity contribution is -0.211. The molecule has 2 aliphatic rings. The van der Waals surface area contributed by atoms with E-state index in [1.165, 1.54) is 0 Å². The van der Waals surface area contributed by atoms with E-state index in [2.05, 4.69) is 0 Å². The van der Waals surface area contributed by atoms with E-state index < -0.39 is 55.2 Å². The van der Waals surface area contributed by atoms with E-state index in [0.717, 1.165) is 22.3 Å². The molecule has 0 unspecified atom stereocenters. The topological polar surface area (TPSA) is 100 Å². The van der Waals surface area contributed by atoms with Gasteiger partial charge < -0.3 is 42.6 Å². The number of rotatable bonds is 19. The summed E-state index contributed by atoms with van der Waals surface area (Å²) in [5, 5.41) is 0. The van der Waals surface area contributed by atoms with Crippen LogP contribution in [0.25, 0.3) is 0 Å². The minimum Gasteiger partial charge on any atom is -0.459 e. The number of hydrogen-bond donors (Lipinski definition) is 0. The second-order valence-electron chi connectivity index (χ2n) is 13.7. The van der Waals surface area contributed by atoms with E-state index in [1.54, 1.807) is 31.4 Å². The van der Waals surface area contributed by atoms with Gasteiger partial charge in [-0.05, 0) is 34.4 Å². The fraction of sp³-hybridized carbons (Fsp3) is 0.326. The van der Waals surface area contributed by atoms with E-state index in [1.807, 2.05) is 127 Å². The fourth-order valence-corrected chi connectivity index (χ4v) is 6.80. The van der Waals surface area contributed by atoms with Gasteiger partial charge in [-0.1, -0.05) is 140 Å². The molecular formula is C46H48O10. The third-order valence-electron chi connectivity index (χ3n) is 9.72. The predicted octanol–water partition coefficient (Wildman–Crippen LogP) is 7.30. The van der Waals surface area contributed by atoms with Gasteiger partial charge in [0.25, 0.3) is 0 Å².